The van der Waals surface area contributed by atoms with E-state index in [1.54, 1.807) is 6.07 Å². The number of H-pyrrole nitrogens is 1. The van der Waals surface area contributed by atoms with Gasteiger partial charge in [0.05, 0.1) is 22.1 Å². The molecule has 0 aliphatic carbocycles. The third kappa shape index (κ3) is 2.93. The van der Waals surface area contributed by atoms with Gasteiger partial charge < -0.3 is 9.72 Å². The standard InChI is InChI=1S/C16H14BrFN2O/c1-2-6-21-11-5-3-4-10(7-11)16-19-14-8-12(17)13(18)9-15(14)20-16/h3-5,7-9H,2,6H2,1H3,(H,19,20). The summed E-state index contributed by atoms with van der Waals surface area (Å²) in [5, 5.41) is 0. The molecule has 21 heavy (non-hydrogen) atoms. The van der Waals surface area contributed by atoms with E-state index >= 15 is 0 Å². The van der Waals surface area contributed by atoms with E-state index in [1.807, 2.05) is 24.3 Å². The molecule has 0 fully saturated rings. The number of imidazole rings is 1. The Morgan fingerprint density at radius 3 is 2.95 bits per heavy atom. The van der Waals surface area contributed by atoms with Crippen molar-refractivity contribution in [1.82, 2.24) is 9.97 Å². The third-order valence-electron chi connectivity index (χ3n) is 3.10. The lowest BCUT2D eigenvalue weighted by atomic mass is 10.2. The van der Waals surface area contributed by atoms with Crippen molar-refractivity contribution in [3.63, 3.8) is 0 Å². The Morgan fingerprint density at radius 1 is 1.29 bits per heavy atom. The summed E-state index contributed by atoms with van der Waals surface area (Å²) >= 11 is 3.17. The van der Waals surface area contributed by atoms with E-state index in [2.05, 4.69) is 32.8 Å². The number of fused-ring (bicyclic) bond motifs is 1. The monoisotopic (exact) mass is 348 g/mol. The lowest BCUT2D eigenvalue weighted by Crippen LogP contribution is -1.94. The Bertz CT molecular complexity index is 746. The summed E-state index contributed by atoms with van der Waals surface area (Å²) in [6, 6.07) is 10.8. The van der Waals surface area contributed by atoms with Crippen LogP contribution in [0.5, 0.6) is 5.75 Å². The van der Waals surface area contributed by atoms with Crippen molar-refractivity contribution in [2.45, 2.75) is 13.3 Å². The summed E-state index contributed by atoms with van der Waals surface area (Å²) in [5.74, 6) is 1.20. The number of halogens is 2. The van der Waals surface area contributed by atoms with Crippen LogP contribution in [0.25, 0.3) is 22.4 Å². The van der Waals surface area contributed by atoms with Crippen LogP contribution in [0.15, 0.2) is 40.9 Å². The van der Waals surface area contributed by atoms with Crippen LogP contribution in [0.1, 0.15) is 13.3 Å². The Labute approximate surface area is 130 Å². The van der Waals surface area contributed by atoms with E-state index in [0.29, 0.717) is 22.4 Å². The van der Waals surface area contributed by atoms with E-state index in [1.165, 1.54) is 6.07 Å². The fourth-order valence-electron chi connectivity index (χ4n) is 2.09. The van der Waals surface area contributed by atoms with Gasteiger partial charge in [0.2, 0.25) is 0 Å². The summed E-state index contributed by atoms with van der Waals surface area (Å²) in [4.78, 5) is 7.63. The largest absolute Gasteiger partial charge is 0.494 e. The Balaban J connectivity index is 2.00. The molecular formula is C16H14BrFN2O. The van der Waals surface area contributed by atoms with Gasteiger partial charge in [0.15, 0.2) is 0 Å². The first-order valence-corrected chi connectivity index (χ1v) is 7.54. The van der Waals surface area contributed by atoms with E-state index in [4.69, 9.17) is 4.74 Å². The highest BCUT2D eigenvalue weighted by molar-refractivity contribution is 9.10. The Morgan fingerprint density at radius 2 is 2.14 bits per heavy atom. The molecule has 5 heteroatoms. The third-order valence-corrected chi connectivity index (χ3v) is 3.71. The van der Waals surface area contributed by atoms with Gasteiger partial charge >= 0.3 is 0 Å². The molecule has 0 bridgehead atoms. The molecule has 3 nitrogen and oxygen atoms in total. The van der Waals surface area contributed by atoms with Crippen LogP contribution in [-0.2, 0) is 0 Å². The maximum absolute atomic E-state index is 13.5. The number of hydrogen-bond donors (Lipinski definition) is 1. The van der Waals surface area contributed by atoms with Gasteiger partial charge in [-0.25, -0.2) is 9.37 Å². The van der Waals surface area contributed by atoms with Gasteiger partial charge in [0, 0.05) is 11.6 Å². The zero-order chi connectivity index (χ0) is 14.8. The molecule has 3 aromatic rings. The summed E-state index contributed by atoms with van der Waals surface area (Å²) in [7, 11) is 0. The summed E-state index contributed by atoms with van der Waals surface area (Å²) in [6.07, 6.45) is 0.960. The van der Waals surface area contributed by atoms with Crippen molar-refractivity contribution in [3.8, 4) is 17.1 Å². The maximum Gasteiger partial charge on any atom is 0.139 e. The quantitative estimate of drug-likeness (QED) is 0.726. The number of hydrogen-bond acceptors (Lipinski definition) is 2. The molecule has 0 saturated heterocycles. The first-order chi connectivity index (χ1) is 10.2. The van der Waals surface area contributed by atoms with Gasteiger partial charge in [-0.2, -0.15) is 0 Å². The van der Waals surface area contributed by atoms with Gasteiger partial charge in [-0.15, -0.1) is 0 Å². The fourth-order valence-corrected chi connectivity index (χ4v) is 2.43. The average molecular weight is 349 g/mol. The predicted octanol–water partition coefficient (Wildman–Crippen LogP) is 4.92. The zero-order valence-corrected chi connectivity index (χ0v) is 13.1. The molecule has 0 aliphatic rings. The normalized spacial score (nSPS) is 11.0. The lowest BCUT2D eigenvalue weighted by molar-refractivity contribution is 0.317. The highest BCUT2D eigenvalue weighted by Gasteiger charge is 2.09. The van der Waals surface area contributed by atoms with Crippen molar-refractivity contribution in [2.24, 2.45) is 0 Å². The summed E-state index contributed by atoms with van der Waals surface area (Å²) in [5.41, 5.74) is 2.31. The average Bonchev–Trinajstić information content (AvgIpc) is 2.89. The van der Waals surface area contributed by atoms with Crippen molar-refractivity contribution < 1.29 is 9.13 Å². The minimum Gasteiger partial charge on any atom is -0.494 e. The van der Waals surface area contributed by atoms with Crippen LogP contribution < -0.4 is 4.74 Å². The molecule has 0 aliphatic heterocycles. The fraction of sp³-hybridized carbons (Fsp3) is 0.188. The molecule has 1 heterocycles. The second-order valence-electron chi connectivity index (χ2n) is 4.75. The summed E-state index contributed by atoms with van der Waals surface area (Å²) in [6.45, 7) is 2.75. The van der Waals surface area contributed by atoms with E-state index in [0.717, 1.165) is 23.3 Å². The van der Waals surface area contributed by atoms with E-state index in [9.17, 15) is 4.39 Å². The van der Waals surface area contributed by atoms with Crippen LogP contribution >= 0.6 is 15.9 Å². The first kappa shape index (κ1) is 14.1. The second-order valence-corrected chi connectivity index (χ2v) is 5.60. The highest BCUT2D eigenvalue weighted by atomic mass is 79.9. The van der Waals surface area contributed by atoms with E-state index in [-0.39, 0.29) is 5.82 Å². The molecule has 0 radical (unpaired) electrons. The first-order valence-electron chi connectivity index (χ1n) is 6.75. The number of nitrogens with zero attached hydrogens (tertiary/aromatic N) is 1. The van der Waals surface area contributed by atoms with Gasteiger partial charge in [-0.1, -0.05) is 19.1 Å². The minimum absolute atomic E-state index is 0.308. The topological polar surface area (TPSA) is 37.9 Å². The zero-order valence-electron chi connectivity index (χ0n) is 11.5. The van der Waals surface area contributed by atoms with Crippen molar-refractivity contribution in [1.29, 1.82) is 0 Å². The molecule has 0 spiro atoms. The molecule has 3 rings (SSSR count). The minimum atomic E-state index is -0.308. The molecule has 0 amide bonds. The molecule has 0 unspecified atom stereocenters. The van der Waals surface area contributed by atoms with Crippen LogP contribution in [0, 0.1) is 5.82 Å². The molecule has 1 aromatic heterocycles. The number of aromatic amines is 1. The molecule has 1 N–H and O–H groups in total. The molecule has 0 saturated carbocycles. The molecule has 0 atom stereocenters. The van der Waals surface area contributed by atoms with Crippen molar-refractivity contribution >= 4 is 27.0 Å². The van der Waals surface area contributed by atoms with Gasteiger partial charge in [0.25, 0.3) is 0 Å². The SMILES string of the molecule is CCCOc1cccc(-c2nc3cc(Br)c(F)cc3[nH]2)c1. The maximum atomic E-state index is 13.5. The second kappa shape index (κ2) is 5.85. The molecule has 108 valence electrons. The summed E-state index contributed by atoms with van der Waals surface area (Å²) < 4.78 is 19.6. The number of rotatable bonds is 4. The van der Waals surface area contributed by atoms with Crippen LogP contribution in [0.2, 0.25) is 0 Å². The van der Waals surface area contributed by atoms with Gasteiger partial charge in [-0.3, -0.25) is 0 Å². The number of ether oxygens (including phenoxy) is 1. The van der Waals surface area contributed by atoms with E-state index < -0.39 is 0 Å². The van der Waals surface area contributed by atoms with Crippen molar-refractivity contribution in [3.05, 3.63) is 46.7 Å². The molecular weight excluding hydrogens is 335 g/mol. The van der Waals surface area contributed by atoms with Crippen LogP contribution in [-0.4, -0.2) is 16.6 Å². The Kier molecular flexibility index (Phi) is 3.92. The Hall–Kier alpha value is -1.88. The smallest absolute Gasteiger partial charge is 0.139 e. The van der Waals surface area contributed by atoms with Crippen molar-refractivity contribution in [2.75, 3.05) is 6.61 Å². The van der Waals surface area contributed by atoms with Crippen LogP contribution in [0.3, 0.4) is 0 Å². The van der Waals surface area contributed by atoms with Gasteiger partial charge in [0.1, 0.15) is 17.4 Å². The predicted molar refractivity (Wildman–Crippen MR) is 85.0 cm³/mol. The van der Waals surface area contributed by atoms with Crippen LogP contribution in [0.4, 0.5) is 4.39 Å². The van der Waals surface area contributed by atoms with Gasteiger partial charge in [-0.05, 0) is 40.5 Å². The highest BCUT2D eigenvalue weighted by Crippen LogP contribution is 2.27. The number of aromatic nitrogens is 2. The number of nitrogens with one attached hydrogen (secondary N) is 1. The lowest BCUT2D eigenvalue weighted by Gasteiger charge is -2.05. The molecule has 2 aromatic carbocycles. The number of benzene rings is 2.